The number of hydrogen-bond donors (Lipinski definition) is 1. The monoisotopic (exact) mass is 309 g/mol. The van der Waals surface area contributed by atoms with Crippen molar-refractivity contribution in [2.24, 2.45) is 5.92 Å². The zero-order chi connectivity index (χ0) is 15.1. The van der Waals surface area contributed by atoms with E-state index in [1.807, 2.05) is 13.0 Å². The standard InChI is InChI=1S/C15H23N3O2S/c1-3-18-15(14(19)20-2)8-4-5-12(15)7-10-21-13-6-9-16-11-17-13/h6,9,11-12,18H,3-5,7-8,10H2,1-2H3. The maximum atomic E-state index is 12.3. The van der Waals surface area contributed by atoms with Crippen LogP contribution in [0.3, 0.4) is 0 Å². The number of aromatic nitrogens is 2. The van der Waals surface area contributed by atoms with E-state index in [0.29, 0.717) is 5.92 Å². The minimum Gasteiger partial charge on any atom is -0.468 e. The molecule has 6 heteroatoms. The van der Waals surface area contributed by atoms with Crippen molar-refractivity contribution < 1.29 is 9.53 Å². The maximum Gasteiger partial charge on any atom is 0.326 e. The van der Waals surface area contributed by atoms with E-state index in [4.69, 9.17) is 4.74 Å². The topological polar surface area (TPSA) is 64.1 Å². The average molecular weight is 309 g/mol. The SMILES string of the molecule is CCNC1(C(=O)OC)CCCC1CCSc1ccncn1. The lowest BCUT2D eigenvalue weighted by atomic mass is 9.85. The quantitative estimate of drug-likeness (QED) is 0.473. The van der Waals surface area contributed by atoms with Crippen molar-refractivity contribution in [2.45, 2.75) is 43.2 Å². The van der Waals surface area contributed by atoms with E-state index < -0.39 is 5.54 Å². The first kappa shape index (κ1) is 16.2. The Labute approximate surface area is 130 Å². The van der Waals surface area contributed by atoms with E-state index in [-0.39, 0.29) is 5.97 Å². The highest BCUT2D eigenvalue weighted by Crippen LogP contribution is 2.39. The fourth-order valence-electron chi connectivity index (χ4n) is 3.21. The van der Waals surface area contributed by atoms with Crippen LogP contribution in [0.4, 0.5) is 0 Å². The van der Waals surface area contributed by atoms with Crippen LogP contribution in [0.2, 0.25) is 0 Å². The van der Waals surface area contributed by atoms with Gasteiger partial charge in [0.25, 0.3) is 0 Å². The van der Waals surface area contributed by atoms with Crippen molar-refractivity contribution in [1.82, 2.24) is 15.3 Å². The Morgan fingerprint density at radius 3 is 3.14 bits per heavy atom. The van der Waals surface area contributed by atoms with Crippen molar-refractivity contribution >= 4 is 17.7 Å². The van der Waals surface area contributed by atoms with E-state index >= 15 is 0 Å². The highest BCUT2D eigenvalue weighted by atomic mass is 32.2. The van der Waals surface area contributed by atoms with E-state index in [9.17, 15) is 4.79 Å². The molecule has 2 rings (SSSR count). The summed E-state index contributed by atoms with van der Waals surface area (Å²) in [6.45, 7) is 2.82. The molecule has 1 saturated carbocycles. The molecule has 21 heavy (non-hydrogen) atoms. The molecule has 2 atom stereocenters. The molecule has 116 valence electrons. The van der Waals surface area contributed by atoms with Crippen LogP contribution in [0.5, 0.6) is 0 Å². The number of carbonyl (C=O) groups is 1. The summed E-state index contributed by atoms with van der Waals surface area (Å²) in [5, 5.41) is 4.38. The lowest BCUT2D eigenvalue weighted by Crippen LogP contribution is -2.55. The molecule has 1 aliphatic rings. The van der Waals surface area contributed by atoms with Crippen LogP contribution in [0.15, 0.2) is 23.6 Å². The molecular weight excluding hydrogens is 286 g/mol. The van der Waals surface area contributed by atoms with E-state index in [1.165, 1.54) is 7.11 Å². The molecule has 1 N–H and O–H groups in total. The largest absolute Gasteiger partial charge is 0.468 e. The van der Waals surface area contributed by atoms with Gasteiger partial charge in [0.15, 0.2) is 0 Å². The second-order valence-electron chi connectivity index (χ2n) is 5.27. The molecule has 1 heterocycles. The second kappa shape index (κ2) is 7.75. The van der Waals surface area contributed by atoms with Crippen molar-refractivity contribution in [3.8, 4) is 0 Å². The summed E-state index contributed by atoms with van der Waals surface area (Å²) in [6.07, 6.45) is 7.32. The molecular formula is C15H23N3O2S. The van der Waals surface area contributed by atoms with E-state index in [0.717, 1.165) is 43.0 Å². The third-order valence-electron chi connectivity index (χ3n) is 4.13. The van der Waals surface area contributed by atoms with Crippen LogP contribution in [-0.2, 0) is 9.53 Å². The summed E-state index contributed by atoms with van der Waals surface area (Å²) in [5.41, 5.74) is -0.490. The summed E-state index contributed by atoms with van der Waals surface area (Å²) >= 11 is 1.71. The first-order chi connectivity index (χ1) is 10.2. The molecule has 1 aliphatic carbocycles. The number of thioether (sulfide) groups is 1. The molecule has 0 radical (unpaired) electrons. The Bertz CT molecular complexity index is 457. The molecule has 2 unspecified atom stereocenters. The van der Waals surface area contributed by atoms with Gasteiger partial charge in [-0.05, 0) is 43.5 Å². The van der Waals surface area contributed by atoms with E-state index in [2.05, 4.69) is 15.3 Å². The van der Waals surface area contributed by atoms with Crippen molar-refractivity contribution in [2.75, 3.05) is 19.4 Å². The zero-order valence-electron chi connectivity index (χ0n) is 12.7. The number of ether oxygens (including phenoxy) is 1. The van der Waals surface area contributed by atoms with Gasteiger partial charge in [-0.2, -0.15) is 0 Å². The molecule has 5 nitrogen and oxygen atoms in total. The third kappa shape index (κ3) is 3.74. The van der Waals surface area contributed by atoms with Crippen molar-refractivity contribution in [1.29, 1.82) is 0 Å². The van der Waals surface area contributed by atoms with Crippen LogP contribution in [0.25, 0.3) is 0 Å². The highest BCUT2D eigenvalue weighted by Gasteiger charge is 2.48. The molecule has 1 aromatic heterocycles. The fourth-order valence-corrected chi connectivity index (χ4v) is 4.10. The number of rotatable bonds is 7. The third-order valence-corrected chi connectivity index (χ3v) is 5.11. The highest BCUT2D eigenvalue weighted by molar-refractivity contribution is 7.99. The van der Waals surface area contributed by atoms with Crippen LogP contribution in [-0.4, -0.2) is 40.9 Å². The molecule has 0 bridgehead atoms. The maximum absolute atomic E-state index is 12.3. The van der Waals surface area contributed by atoms with Gasteiger partial charge in [0, 0.05) is 6.20 Å². The number of methoxy groups -OCH3 is 1. The smallest absolute Gasteiger partial charge is 0.326 e. The van der Waals surface area contributed by atoms with Crippen molar-refractivity contribution in [3.05, 3.63) is 18.6 Å². The van der Waals surface area contributed by atoms with Gasteiger partial charge in [-0.3, -0.25) is 4.79 Å². The minimum atomic E-state index is -0.490. The van der Waals surface area contributed by atoms with Crippen LogP contribution < -0.4 is 5.32 Å². The Morgan fingerprint density at radius 2 is 2.48 bits per heavy atom. The predicted molar refractivity (Wildman–Crippen MR) is 83.1 cm³/mol. The van der Waals surface area contributed by atoms with Gasteiger partial charge >= 0.3 is 5.97 Å². The summed E-state index contributed by atoms with van der Waals surface area (Å²) in [4.78, 5) is 20.4. The Morgan fingerprint density at radius 1 is 1.62 bits per heavy atom. The molecule has 0 aliphatic heterocycles. The number of nitrogens with one attached hydrogen (secondary N) is 1. The predicted octanol–water partition coefficient (Wildman–Crippen LogP) is 2.28. The first-order valence-electron chi connectivity index (χ1n) is 7.45. The van der Waals surface area contributed by atoms with Gasteiger partial charge in [-0.25, -0.2) is 9.97 Å². The fraction of sp³-hybridized carbons (Fsp3) is 0.667. The average Bonchev–Trinajstić information content (AvgIpc) is 2.92. The minimum absolute atomic E-state index is 0.112. The van der Waals surface area contributed by atoms with Crippen LogP contribution in [0, 0.1) is 5.92 Å². The van der Waals surface area contributed by atoms with Gasteiger partial charge in [0.05, 0.1) is 12.1 Å². The number of carbonyl (C=O) groups excluding carboxylic acids is 1. The molecule has 1 fully saturated rings. The summed E-state index contributed by atoms with van der Waals surface area (Å²) < 4.78 is 5.06. The molecule has 0 aromatic carbocycles. The lowest BCUT2D eigenvalue weighted by Gasteiger charge is -2.33. The Kier molecular flexibility index (Phi) is 5.99. The molecule has 0 amide bonds. The zero-order valence-corrected chi connectivity index (χ0v) is 13.5. The summed E-state index contributed by atoms with van der Waals surface area (Å²) in [5.74, 6) is 1.17. The van der Waals surface area contributed by atoms with Crippen molar-refractivity contribution in [3.63, 3.8) is 0 Å². The van der Waals surface area contributed by atoms with E-state index in [1.54, 1.807) is 24.3 Å². The molecule has 1 aromatic rings. The van der Waals surface area contributed by atoms with Gasteiger partial charge in [0.2, 0.25) is 0 Å². The second-order valence-corrected chi connectivity index (χ2v) is 6.38. The molecule has 0 spiro atoms. The van der Waals surface area contributed by atoms with Gasteiger partial charge < -0.3 is 10.1 Å². The van der Waals surface area contributed by atoms with Crippen LogP contribution >= 0.6 is 11.8 Å². The molecule has 0 saturated heterocycles. The number of esters is 1. The normalized spacial score (nSPS) is 25.0. The van der Waals surface area contributed by atoms with Gasteiger partial charge in [-0.15, -0.1) is 11.8 Å². The Balaban J connectivity index is 1.95. The first-order valence-corrected chi connectivity index (χ1v) is 8.43. The number of hydrogen-bond acceptors (Lipinski definition) is 6. The van der Waals surface area contributed by atoms with Gasteiger partial charge in [-0.1, -0.05) is 13.3 Å². The Hall–Kier alpha value is -1.14. The number of likely N-dealkylation sites (N-methyl/N-ethyl adjacent to an activating group) is 1. The summed E-state index contributed by atoms with van der Waals surface area (Å²) in [7, 11) is 1.48. The number of nitrogens with zero attached hydrogens (tertiary/aromatic N) is 2. The lowest BCUT2D eigenvalue weighted by molar-refractivity contribution is -0.150. The van der Waals surface area contributed by atoms with Crippen LogP contribution in [0.1, 0.15) is 32.6 Å². The summed E-state index contributed by atoms with van der Waals surface area (Å²) in [6, 6.07) is 1.91. The van der Waals surface area contributed by atoms with Gasteiger partial charge in [0.1, 0.15) is 11.9 Å².